The van der Waals surface area contributed by atoms with Gasteiger partial charge in [-0.3, -0.25) is 4.79 Å². The van der Waals surface area contributed by atoms with Gasteiger partial charge in [0.2, 0.25) is 0 Å². The number of nitrogens with one attached hydrogen (secondary N) is 1. The average molecular weight is 538 g/mol. The highest BCUT2D eigenvalue weighted by Crippen LogP contribution is 2.38. The van der Waals surface area contributed by atoms with Gasteiger partial charge in [-0.05, 0) is 59.8 Å². The summed E-state index contributed by atoms with van der Waals surface area (Å²) in [5.41, 5.74) is 2.14. The summed E-state index contributed by atoms with van der Waals surface area (Å²) in [6.07, 6.45) is 2.90. The molecule has 0 spiro atoms. The van der Waals surface area contributed by atoms with E-state index in [2.05, 4.69) is 74.3 Å². The Balaban J connectivity index is 1.55. The second-order valence-corrected chi connectivity index (χ2v) is 15.7. The Morgan fingerprint density at radius 2 is 1.64 bits per heavy atom. The summed E-state index contributed by atoms with van der Waals surface area (Å²) in [6, 6.07) is 27.2. The molecular formula is C32H35N3O3Si. The molecule has 6 nitrogen and oxygen atoms in total. The van der Waals surface area contributed by atoms with Crippen molar-refractivity contribution >= 4 is 40.5 Å². The number of rotatable bonds is 5. The summed E-state index contributed by atoms with van der Waals surface area (Å²) >= 11 is 0. The van der Waals surface area contributed by atoms with Crippen molar-refractivity contribution in [3.8, 4) is 5.75 Å². The molecule has 2 aromatic heterocycles. The normalized spacial score (nSPS) is 16.6. The summed E-state index contributed by atoms with van der Waals surface area (Å²) in [5.74, 6) is 0.770. The van der Waals surface area contributed by atoms with Gasteiger partial charge in [-0.1, -0.05) is 81.4 Å². The molecule has 0 radical (unpaired) electrons. The number of ether oxygens (including phenoxy) is 1. The Labute approximate surface area is 229 Å². The smallest absolute Gasteiger partial charge is 0.319 e. The Morgan fingerprint density at radius 3 is 2.23 bits per heavy atom. The third-order valence-corrected chi connectivity index (χ3v) is 12.9. The first kappa shape index (κ1) is 25.6. The fourth-order valence-electron chi connectivity index (χ4n) is 6.08. The van der Waals surface area contributed by atoms with Crippen LogP contribution in [0.3, 0.4) is 0 Å². The van der Waals surface area contributed by atoms with E-state index in [1.165, 1.54) is 10.4 Å². The molecule has 0 bridgehead atoms. The minimum Gasteiger partial charge on any atom is -0.534 e. The number of benzene rings is 3. The minimum atomic E-state index is -2.81. The molecule has 3 heterocycles. The first-order valence-electron chi connectivity index (χ1n) is 13.8. The molecule has 1 atom stereocenters. The Hall–Kier alpha value is -3.68. The van der Waals surface area contributed by atoms with Gasteiger partial charge in [-0.2, -0.15) is 5.10 Å². The van der Waals surface area contributed by atoms with Gasteiger partial charge in [-0.15, -0.1) is 0 Å². The first-order valence-corrected chi connectivity index (χ1v) is 15.7. The second-order valence-electron chi connectivity index (χ2n) is 11.5. The van der Waals surface area contributed by atoms with Crippen LogP contribution in [0.25, 0.3) is 21.8 Å². The van der Waals surface area contributed by atoms with Gasteiger partial charge in [0.15, 0.2) is 0 Å². The summed E-state index contributed by atoms with van der Waals surface area (Å²) in [5, 5.41) is 8.70. The standard InChI is InChI=1S/C32H35N3O3Si/c1-22-29-30(34-35(22)28-17-11-12-20-37-28)26-21-23(18-19-27(26)33-31(29)36)38-39(32(2,3)4,24-13-7-5-8-14-24)25-15-9-6-10-16-25/h5-10,13-16,18-19,21,28H,11-12,17,20H2,1-4H3,(H,33,36). The predicted molar refractivity (Wildman–Crippen MR) is 160 cm³/mol. The van der Waals surface area contributed by atoms with Crippen LogP contribution in [0.5, 0.6) is 5.75 Å². The SMILES string of the molecule is Cc1c2c(=O)[nH]c3ccc(O[Si](c4ccccc4)(c4ccccc4)C(C)(C)C)cc3c2nn1C1CCCCO1. The molecule has 1 aliphatic rings. The lowest BCUT2D eigenvalue weighted by Gasteiger charge is -2.43. The van der Waals surface area contributed by atoms with Gasteiger partial charge >= 0.3 is 8.32 Å². The molecule has 1 aliphatic heterocycles. The molecule has 6 rings (SSSR count). The van der Waals surface area contributed by atoms with Crippen LogP contribution in [-0.2, 0) is 4.74 Å². The molecule has 1 saturated heterocycles. The molecular weight excluding hydrogens is 502 g/mol. The number of nitrogens with zero attached hydrogens (tertiary/aromatic N) is 2. The average Bonchev–Trinajstić information content (AvgIpc) is 3.30. The van der Waals surface area contributed by atoms with E-state index < -0.39 is 8.32 Å². The largest absolute Gasteiger partial charge is 0.534 e. The first-order chi connectivity index (χ1) is 18.8. The van der Waals surface area contributed by atoms with Crippen molar-refractivity contribution in [3.05, 3.63) is 94.9 Å². The van der Waals surface area contributed by atoms with Crippen LogP contribution in [0.4, 0.5) is 0 Å². The number of fused-ring (bicyclic) bond motifs is 3. The molecule has 0 saturated carbocycles. The second kappa shape index (κ2) is 9.81. The Morgan fingerprint density at radius 1 is 0.974 bits per heavy atom. The van der Waals surface area contributed by atoms with Gasteiger partial charge in [-0.25, -0.2) is 4.68 Å². The van der Waals surface area contributed by atoms with Crippen molar-refractivity contribution in [1.29, 1.82) is 0 Å². The molecule has 0 amide bonds. The van der Waals surface area contributed by atoms with E-state index in [0.29, 0.717) is 17.5 Å². The number of aromatic nitrogens is 3. The quantitative estimate of drug-likeness (QED) is 0.287. The molecule has 0 aliphatic carbocycles. The highest BCUT2D eigenvalue weighted by atomic mass is 28.4. The Kier molecular flexibility index (Phi) is 6.44. The zero-order chi connectivity index (χ0) is 27.2. The van der Waals surface area contributed by atoms with E-state index in [-0.39, 0.29) is 16.8 Å². The maximum absolute atomic E-state index is 13.2. The Bertz CT molecular complexity index is 1640. The maximum Gasteiger partial charge on any atom is 0.319 e. The van der Waals surface area contributed by atoms with Crippen LogP contribution in [-0.4, -0.2) is 29.7 Å². The molecule has 1 fully saturated rings. The number of pyridine rings is 1. The summed E-state index contributed by atoms with van der Waals surface area (Å²) in [4.78, 5) is 16.2. The monoisotopic (exact) mass is 537 g/mol. The lowest BCUT2D eigenvalue weighted by atomic mass is 10.1. The van der Waals surface area contributed by atoms with Crippen molar-refractivity contribution in [2.24, 2.45) is 0 Å². The molecule has 39 heavy (non-hydrogen) atoms. The van der Waals surface area contributed by atoms with Crippen LogP contribution in [0.1, 0.15) is 52.0 Å². The molecule has 1 unspecified atom stereocenters. The van der Waals surface area contributed by atoms with Crippen LogP contribution in [0.15, 0.2) is 83.7 Å². The van der Waals surface area contributed by atoms with Crippen LogP contribution < -0.4 is 20.4 Å². The molecule has 200 valence electrons. The maximum atomic E-state index is 13.2. The highest BCUT2D eigenvalue weighted by Gasteiger charge is 2.52. The zero-order valence-electron chi connectivity index (χ0n) is 23.0. The van der Waals surface area contributed by atoms with Crippen molar-refractivity contribution in [2.75, 3.05) is 6.61 Å². The molecule has 1 N–H and O–H groups in total. The van der Waals surface area contributed by atoms with E-state index in [1.54, 1.807) is 0 Å². The number of aromatic amines is 1. The molecule has 5 aromatic rings. The van der Waals surface area contributed by atoms with Crippen LogP contribution >= 0.6 is 0 Å². The van der Waals surface area contributed by atoms with Crippen molar-refractivity contribution in [2.45, 2.75) is 58.2 Å². The van der Waals surface area contributed by atoms with E-state index in [1.807, 2.05) is 41.9 Å². The van der Waals surface area contributed by atoms with Crippen LogP contribution in [0, 0.1) is 6.92 Å². The number of H-pyrrole nitrogens is 1. The van der Waals surface area contributed by atoms with Gasteiger partial charge in [0.25, 0.3) is 5.56 Å². The summed E-state index contributed by atoms with van der Waals surface area (Å²) < 4.78 is 15.2. The number of aryl methyl sites for hydroxylation is 1. The third kappa shape index (κ3) is 4.30. The molecule has 3 aromatic carbocycles. The number of hydrogen-bond acceptors (Lipinski definition) is 4. The predicted octanol–water partition coefficient (Wildman–Crippen LogP) is 5.82. The van der Waals surface area contributed by atoms with Crippen molar-refractivity contribution in [1.82, 2.24) is 14.8 Å². The lowest BCUT2D eigenvalue weighted by molar-refractivity contribution is -0.0402. The van der Waals surface area contributed by atoms with E-state index in [0.717, 1.165) is 41.6 Å². The van der Waals surface area contributed by atoms with Crippen molar-refractivity contribution < 1.29 is 9.16 Å². The summed E-state index contributed by atoms with van der Waals surface area (Å²) in [6.45, 7) is 9.48. The number of hydrogen-bond donors (Lipinski definition) is 1. The van der Waals surface area contributed by atoms with Gasteiger partial charge in [0.05, 0.1) is 16.6 Å². The van der Waals surface area contributed by atoms with Gasteiger partial charge in [0, 0.05) is 12.0 Å². The van der Waals surface area contributed by atoms with Crippen LogP contribution in [0.2, 0.25) is 5.04 Å². The van der Waals surface area contributed by atoms with E-state index in [4.69, 9.17) is 14.3 Å². The highest BCUT2D eigenvalue weighted by molar-refractivity contribution is 7.00. The van der Waals surface area contributed by atoms with Gasteiger partial charge in [0.1, 0.15) is 17.5 Å². The molecule has 7 heteroatoms. The van der Waals surface area contributed by atoms with E-state index >= 15 is 0 Å². The topological polar surface area (TPSA) is 69.1 Å². The third-order valence-electron chi connectivity index (χ3n) is 7.99. The fourth-order valence-corrected chi connectivity index (χ4v) is 10.5. The lowest BCUT2D eigenvalue weighted by Crippen LogP contribution is -2.68. The minimum absolute atomic E-state index is 0.127. The zero-order valence-corrected chi connectivity index (χ0v) is 24.0. The van der Waals surface area contributed by atoms with E-state index in [9.17, 15) is 4.79 Å². The fraction of sp³-hybridized carbons (Fsp3) is 0.312. The van der Waals surface area contributed by atoms with Gasteiger partial charge < -0.3 is 14.1 Å². The summed E-state index contributed by atoms with van der Waals surface area (Å²) in [7, 11) is -2.81. The van der Waals surface area contributed by atoms with Crippen molar-refractivity contribution in [3.63, 3.8) is 0 Å².